The monoisotopic (exact) mass is 369 g/mol. The number of ether oxygens (including phenoxy) is 2. The van der Waals surface area contributed by atoms with Crippen molar-refractivity contribution in [1.29, 1.82) is 0 Å². The minimum Gasteiger partial charge on any atom is -0.493 e. The maximum absolute atomic E-state index is 12.6. The summed E-state index contributed by atoms with van der Waals surface area (Å²) >= 11 is 5.81. The van der Waals surface area contributed by atoms with Crippen molar-refractivity contribution in [3.05, 3.63) is 53.1 Å². The molecule has 2 aromatic carbocycles. The summed E-state index contributed by atoms with van der Waals surface area (Å²) in [5.74, 6) is 1.21. The molecule has 0 spiro atoms. The number of hydrogen-bond donors (Lipinski definition) is 0. The lowest BCUT2D eigenvalue weighted by Crippen LogP contribution is -2.26. The standard InChI is InChI=1S/C17H20ClNO4S/c1-4-23-16-10-5-13(11-17(16)22-3)12-19(2)24(20,21)15-8-6-14(18)7-9-15/h5-11H,4,12H2,1-3H3. The summed E-state index contributed by atoms with van der Waals surface area (Å²) < 4.78 is 37.2. The van der Waals surface area contributed by atoms with Crippen molar-refractivity contribution in [3.63, 3.8) is 0 Å². The predicted molar refractivity (Wildman–Crippen MR) is 94.3 cm³/mol. The van der Waals surface area contributed by atoms with Gasteiger partial charge < -0.3 is 9.47 Å². The van der Waals surface area contributed by atoms with Crippen LogP contribution < -0.4 is 9.47 Å². The molecule has 0 atom stereocenters. The van der Waals surface area contributed by atoms with Crippen LogP contribution in [0.2, 0.25) is 5.02 Å². The Morgan fingerprint density at radius 1 is 1.08 bits per heavy atom. The highest BCUT2D eigenvalue weighted by Crippen LogP contribution is 2.29. The van der Waals surface area contributed by atoms with Crippen LogP contribution in [0.1, 0.15) is 12.5 Å². The molecule has 7 heteroatoms. The topological polar surface area (TPSA) is 55.8 Å². The van der Waals surface area contributed by atoms with E-state index in [1.807, 2.05) is 13.0 Å². The second-order valence-corrected chi connectivity index (χ2v) is 7.61. The Morgan fingerprint density at radius 3 is 2.33 bits per heavy atom. The van der Waals surface area contributed by atoms with Gasteiger partial charge in [0.1, 0.15) is 0 Å². The molecule has 0 unspecified atom stereocenters. The normalized spacial score (nSPS) is 11.5. The van der Waals surface area contributed by atoms with E-state index in [4.69, 9.17) is 21.1 Å². The largest absolute Gasteiger partial charge is 0.493 e. The third-order valence-corrected chi connectivity index (χ3v) is 5.52. The van der Waals surface area contributed by atoms with Crippen LogP contribution in [-0.2, 0) is 16.6 Å². The van der Waals surface area contributed by atoms with Gasteiger partial charge in [0.05, 0.1) is 18.6 Å². The summed E-state index contributed by atoms with van der Waals surface area (Å²) in [6.07, 6.45) is 0. The Labute approximate surface area is 147 Å². The first-order valence-electron chi connectivity index (χ1n) is 7.40. The van der Waals surface area contributed by atoms with Crippen LogP contribution in [0.25, 0.3) is 0 Å². The quantitative estimate of drug-likeness (QED) is 0.748. The molecule has 0 aliphatic carbocycles. The Kier molecular flexibility index (Phi) is 6.10. The number of nitrogens with zero attached hydrogens (tertiary/aromatic N) is 1. The lowest BCUT2D eigenvalue weighted by Gasteiger charge is -2.18. The highest BCUT2D eigenvalue weighted by atomic mass is 35.5. The average Bonchev–Trinajstić information content (AvgIpc) is 2.56. The first kappa shape index (κ1) is 18.6. The summed E-state index contributed by atoms with van der Waals surface area (Å²) in [6, 6.07) is 11.5. The van der Waals surface area contributed by atoms with E-state index in [0.717, 1.165) is 5.56 Å². The molecule has 0 bridgehead atoms. The SMILES string of the molecule is CCOc1ccc(CN(C)S(=O)(=O)c2ccc(Cl)cc2)cc1OC. The van der Waals surface area contributed by atoms with Gasteiger partial charge in [0.15, 0.2) is 11.5 Å². The van der Waals surface area contributed by atoms with Crippen LogP contribution in [0.3, 0.4) is 0 Å². The van der Waals surface area contributed by atoms with Gasteiger partial charge >= 0.3 is 0 Å². The molecule has 0 amide bonds. The molecular weight excluding hydrogens is 350 g/mol. The maximum atomic E-state index is 12.6. The van der Waals surface area contributed by atoms with Gasteiger partial charge in [-0.3, -0.25) is 0 Å². The molecular formula is C17H20ClNO4S. The van der Waals surface area contributed by atoms with Gasteiger partial charge in [0.2, 0.25) is 10.0 Å². The van der Waals surface area contributed by atoms with Crippen LogP contribution >= 0.6 is 11.6 Å². The van der Waals surface area contributed by atoms with Crippen molar-refractivity contribution in [1.82, 2.24) is 4.31 Å². The molecule has 0 fully saturated rings. The number of rotatable bonds is 7. The Balaban J connectivity index is 2.22. The summed E-state index contributed by atoms with van der Waals surface area (Å²) in [5.41, 5.74) is 0.801. The van der Waals surface area contributed by atoms with Crippen molar-refractivity contribution in [2.24, 2.45) is 0 Å². The predicted octanol–water partition coefficient (Wildman–Crippen LogP) is 3.57. The van der Waals surface area contributed by atoms with Crippen molar-refractivity contribution in [2.75, 3.05) is 20.8 Å². The van der Waals surface area contributed by atoms with E-state index in [1.54, 1.807) is 31.4 Å². The van der Waals surface area contributed by atoms with E-state index >= 15 is 0 Å². The lowest BCUT2D eigenvalue weighted by molar-refractivity contribution is 0.310. The van der Waals surface area contributed by atoms with Crippen LogP contribution in [0, 0.1) is 0 Å². The Hall–Kier alpha value is -1.76. The van der Waals surface area contributed by atoms with Gasteiger partial charge in [-0.05, 0) is 48.9 Å². The fourth-order valence-electron chi connectivity index (χ4n) is 2.21. The van der Waals surface area contributed by atoms with Crippen LogP contribution in [0.4, 0.5) is 0 Å². The summed E-state index contributed by atoms with van der Waals surface area (Å²) in [5, 5.41) is 0.493. The molecule has 0 N–H and O–H groups in total. The van der Waals surface area contributed by atoms with Crippen LogP contribution in [0.15, 0.2) is 47.4 Å². The van der Waals surface area contributed by atoms with E-state index in [-0.39, 0.29) is 11.4 Å². The van der Waals surface area contributed by atoms with Crippen molar-refractivity contribution < 1.29 is 17.9 Å². The highest BCUT2D eigenvalue weighted by molar-refractivity contribution is 7.89. The molecule has 0 saturated heterocycles. The number of hydrogen-bond acceptors (Lipinski definition) is 4. The van der Waals surface area contributed by atoms with Gasteiger partial charge in [-0.2, -0.15) is 4.31 Å². The smallest absolute Gasteiger partial charge is 0.243 e. The van der Waals surface area contributed by atoms with Gasteiger partial charge in [-0.1, -0.05) is 17.7 Å². The van der Waals surface area contributed by atoms with E-state index in [9.17, 15) is 8.42 Å². The zero-order valence-corrected chi connectivity index (χ0v) is 15.4. The second kappa shape index (κ2) is 7.88. The summed E-state index contributed by atoms with van der Waals surface area (Å²) in [7, 11) is -0.505. The van der Waals surface area contributed by atoms with Crippen LogP contribution in [-0.4, -0.2) is 33.5 Å². The molecule has 0 radical (unpaired) electrons. The molecule has 2 aromatic rings. The highest BCUT2D eigenvalue weighted by Gasteiger charge is 2.21. The van der Waals surface area contributed by atoms with Crippen molar-refractivity contribution in [2.45, 2.75) is 18.4 Å². The van der Waals surface area contributed by atoms with Gasteiger partial charge in [0.25, 0.3) is 0 Å². The van der Waals surface area contributed by atoms with Crippen LogP contribution in [0.5, 0.6) is 11.5 Å². The molecule has 24 heavy (non-hydrogen) atoms. The molecule has 130 valence electrons. The molecule has 0 saturated carbocycles. The number of sulfonamides is 1. The minimum absolute atomic E-state index is 0.201. The fourth-order valence-corrected chi connectivity index (χ4v) is 3.50. The molecule has 0 aliphatic rings. The first-order chi connectivity index (χ1) is 11.4. The fraction of sp³-hybridized carbons (Fsp3) is 0.294. The molecule has 0 aliphatic heterocycles. The van der Waals surface area contributed by atoms with Gasteiger partial charge in [-0.15, -0.1) is 0 Å². The van der Waals surface area contributed by atoms with Crippen molar-refractivity contribution >= 4 is 21.6 Å². The van der Waals surface area contributed by atoms with Gasteiger partial charge in [0, 0.05) is 18.6 Å². The molecule has 0 aromatic heterocycles. The van der Waals surface area contributed by atoms with E-state index < -0.39 is 10.0 Å². The Bertz CT molecular complexity index is 791. The average molecular weight is 370 g/mol. The molecule has 5 nitrogen and oxygen atoms in total. The van der Waals surface area contributed by atoms with Crippen molar-refractivity contribution in [3.8, 4) is 11.5 Å². The lowest BCUT2D eigenvalue weighted by atomic mass is 10.2. The zero-order chi connectivity index (χ0) is 17.7. The molecule has 2 rings (SSSR count). The maximum Gasteiger partial charge on any atom is 0.243 e. The van der Waals surface area contributed by atoms with E-state index in [2.05, 4.69) is 0 Å². The van der Waals surface area contributed by atoms with E-state index in [0.29, 0.717) is 23.1 Å². The number of benzene rings is 2. The third kappa shape index (κ3) is 4.20. The Morgan fingerprint density at radius 2 is 1.75 bits per heavy atom. The summed E-state index contributed by atoms with van der Waals surface area (Å²) in [4.78, 5) is 0.201. The summed E-state index contributed by atoms with van der Waals surface area (Å²) in [6.45, 7) is 2.63. The van der Waals surface area contributed by atoms with E-state index in [1.165, 1.54) is 23.5 Å². The first-order valence-corrected chi connectivity index (χ1v) is 9.22. The number of methoxy groups -OCH3 is 1. The number of halogens is 1. The second-order valence-electron chi connectivity index (χ2n) is 5.13. The third-order valence-electron chi connectivity index (χ3n) is 3.45. The zero-order valence-electron chi connectivity index (χ0n) is 13.8. The van der Waals surface area contributed by atoms with Gasteiger partial charge in [-0.25, -0.2) is 8.42 Å². The molecule has 0 heterocycles. The minimum atomic E-state index is -3.59.